The molecule has 260 valence electrons. The number of rotatable bonds is 4. The van der Waals surface area contributed by atoms with E-state index in [1.807, 2.05) is 9.80 Å². The zero-order valence-electron chi connectivity index (χ0n) is 26.4. The van der Waals surface area contributed by atoms with Crippen LogP contribution in [0.25, 0.3) is 27.6 Å². The van der Waals surface area contributed by atoms with Crippen molar-refractivity contribution in [2.24, 2.45) is 0 Å². The van der Waals surface area contributed by atoms with E-state index in [1.54, 1.807) is 0 Å². The van der Waals surface area contributed by atoms with Gasteiger partial charge in [0, 0.05) is 53.5 Å². The first-order valence-corrected chi connectivity index (χ1v) is 16.6. The van der Waals surface area contributed by atoms with Crippen LogP contribution in [0.5, 0.6) is 6.01 Å². The fraction of sp³-hybridized carbons (Fsp3) is 0.471. The van der Waals surface area contributed by atoms with E-state index in [-0.39, 0.29) is 66.0 Å². The molecule has 0 amide bonds. The third-order valence-electron chi connectivity index (χ3n) is 11.0. The first-order chi connectivity index (χ1) is 23.2. The molecule has 5 aliphatic rings. The smallest absolute Gasteiger partial charge is 0.417 e. The van der Waals surface area contributed by atoms with Gasteiger partial charge in [0.15, 0.2) is 11.6 Å². The van der Waals surface area contributed by atoms with Crippen LogP contribution in [0, 0.1) is 18.6 Å². The first kappa shape index (κ1) is 32.6. The summed E-state index contributed by atoms with van der Waals surface area (Å²) in [5.74, 6) is -2.51. The average Bonchev–Trinajstić information content (AvgIpc) is 3.69. The number of hydrogen-bond acceptors (Lipinski definition) is 7. The van der Waals surface area contributed by atoms with Gasteiger partial charge in [-0.3, -0.25) is 4.90 Å². The summed E-state index contributed by atoms with van der Waals surface area (Å²) in [6.07, 6.45) is -3.32. The van der Waals surface area contributed by atoms with Crippen molar-refractivity contribution >= 4 is 39.6 Å². The zero-order valence-corrected chi connectivity index (χ0v) is 27.1. The Balaban J connectivity index is 1.36. The fourth-order valence-electron chi connectivity index (χ4n) is 8.91. The van der Waals surface area contributed by atoms with E-state index in [4.69, 9.17) is 27.1 Å². The van der Waals surface area contributed by atoms with Gasteiger partial charge < -0.3 is 20.7 Å². The van der Waals surface area contributed by atoms with Crippen molar-refractivity contribution in [3.05, 3.63) is 57.6 Å². The summed E-state index contributed by atoms with van der Waals surface area (Å²) in [5, 5.41) is 3.27. The summed E-state index contributed by atoms with van der Waals surface area (Å²) in [5.41, 5.74) is 0.805. The van der Waals surface area contributed by atoms with Crippen molar-refractivity contribution in [3.63, 3.8) is 0 Å². The number of halogens is 8. The zero-order chi connectivity index (χ0) is 34.7. The van der Waals surface area contributed by atoms with Gasteiger partial charge in [-0.2, -0.15) is 31.9 Å². The number of ether oxygens (including phenoxy) is 1. The molecule has 2 bridgehead atoms. The molecule has 6 heterocycles. The average molecular weight is 709 g/mol. The second-order valence-electron chi connectivity index (χ2n) is 13.9. The van der Waals surface area contributed by atoms with Crippen molar-refractivity contribution in [1.29, 1.82) is 0 Å². The van der Waals surface area contributed by atoms with Gasteiger partial charge in [-0.1, -0.05) is 18.2 Å². The molecule has 4 fully saturated rings. The van der Waals surface area contributed by atoms with Crippen molar-refractivity contribution in [2.45, 2.75) is 75.3 Å². The summed E-state index contributed by atoms with van der Waals surface area (Å²) < 4.78 is 110. The molecule has 2 aromatic carbocycles. The molecule has 1 aromatic heterocycles. The Kier molecular flexibility index (Phi) is 7.44. The number of benzene rings is 2. The van der Waals surface area contributed by atoms with Crippen LogP contribution >= 0.6 is 11.6 Å². The van der Waals surface area contributed by atoms with Crippen LogP contribution in [-0.4, -0.2) is 64.8 Å². The van der Waals surface area contributed by atoms with Crippen LogP contribution in [0.4, 0.5) is 42.2 Å². The predicted molar refractivity (Wildman–Crippen MR) is 172 cm³/mol. The van der Waals surface area contributed by atoms with Crippen molar-refractivity contribution in [2.75, 3.05) is 36.9 Å². The van der Waals surface area contributed by atoms with Gasteiger partial charge in [0.2, 0.25) is 0 Å². The minimum atomic E-state index is -5.10. The van der Waals surface area contributed by atoms with Gasteiger partial charge in [-0.15, -0.1) is 0 Å². The lowest BCUT2D eigenvalue weighted by molar-refractivity contribution is -0.137. The molecule has 0 saturated carbocycles. The highest BCUT2D eigenvalue weighted by molar-refractivity contribution is 6.37. The molecule has 0 spiro atoms. The number of nitrogens with two attached hydrogens (primary N) is 1. The van der Waals surface area contributed by atoms with E-state index in [1.165, 1.54) is 0 Å². The van der Waals surface area contributed by atoms with E-state index in [0.29, 0.717) is 31.5 Å². The molecule has 0 aliphatic carbocycles. The number of alkyl halides is 3. The first-order valence-electron chi connectivity index (χ1n) is 16.2. The van der Waals surface area contributed by atoms with Crippen LogP contribution in [0.15, 0.2) is 24.3 Å². The molecule has 3 aromatic rings. The molecule has 15 heteroatoms. The number of fused-ring (bicyclic) bond motifs is 6. The van der Waals surface area contributed by atoms with Crippen LogP contribution in [-0.2, 0) is 6.18 Å². The number of nitrogen functional groups attached to an aromatic ring is 1. The Bertz CT molecular complexity index is 1980. The van der Waals surface area contributed by atoms with Gasteiger partial charge in [0.25, 0.3) is 6.08 Å². The van der Waals surface area contributed by atoms with Crippen LogP contribution in [0.1, 0.15) is 55.2 Å². The molecule has 3 N–H and O–H groups in total. The summed E-state index contributed by atoms with van der Waals surface area (Å²) >= 11 is 6.89. The van der Waals surface area contributed by atoms with Crippen LogP contribution in [0.2, 0.25) is 5.02 Å². The fourth-order valence-corrected chi connectivity index (χ4v) is 9.32. The van der Waals surface area contributed by atoms with Crippen molar-refractivity contribution < 1.29 is 35.5 Å². The lowest BCUT2D eigenvalue weighted by Crippen LogP contribution is -2.58. The molecule has 0 unspecified atom stereocenters. The number of nitrogens with one attached hydrogen (secondary N) is 1. The van der Waals surface area contributed by atoms with Crippen molar-refractivity contribution in [3.8, 4) is 17.1 Å². The second-order valence-corrected chi connectivity index (χ2v) is 14.3. The number of aromatic nitrogens is 2. The number of hydrogen-bond donors (Lipinski definition) is 2. The normalized spacial score (nSPS) is 26.4. The highest BCUT2D eigenvalue weighted by Gasteiger charge is 2.49. The van der Waals surface area contributed by atoms with E-state index in [2.05, 4.69) is 16.9 Å². The molecule has 5 aliphatic heterocycles. The Morgan fingerprint density at radius 3 is 2.67 bits per heavy atom. The van der Waals surface area contributed by atoms with E-state index in [9.17, 15) is 22.0 Å². The van der Waals surface area contributed by atoms with Crippen LogP contribution < -0.4 is 20.7 Å². The molecular weight excluding hydrogens is 677 g/mol. The summed E-state index contributed by atoms with van der Waals surface area (Å²) in [4.78, 5) is 13.1. The lowest BCUT2D eigenvalue weighted by atomic mass is 9.88. The number of aryl methyl sites for hydroxylation is 1. The molecule has 7 nitrogen and oxygen atoms in total. The highest BCUT2D eigenvalue weighted by atomic mass is 35.5. The number of anilines is 2. The van der Waals surface area contributed by atoms with Crippen molar-refractivity contribution in [1.82, 2.24) is 20.2 Å². The Morgan fingerprint density at radius 1 is 1.16 bits per heavy atom. The third kappa shape index (κ3) is 4.91. The minimum absolute atomic E-state index is 0.0124. The number of piperazine rings is 1. The molecular formula is C34H32ClF7N6O. The van der Waals surface area contributed by atoms with Gasteiger partial charge >= 0.3 is 12.2 Å². The maximum absolute atomic E-state index is 17.1. The lowest BCUT2D eigenvalue weighted by Gasteiger charge is -2.41. The molecule has 49 heavy (non-hydrogen) atoms. The van der Waals surface area contributed by atoms with Crippen LogP contribution in [0.3, 0.4) is 0 Å². The molecule has 0 radical (unpaired) electrons. The van der Waals surface area contributed by atoms with Gasteiger partial charge in [-0.25, -0.2) is 8.78 Å². The van der Waals surface area contributed by atoms with E-state index in [0.717, 1.165) is 32.3 Å². The quantitative estimate of drug-likeness (QED) is 0.213. The van der Waals surface area contributed by atoms with Gasteiger partial charge in [0.05, 0.1) is 27.2 Å². The highest BCUT2D eigenvalue weighted by Crippen LogP contribution is 2.53. The maximum Gasteiger partial charge on any atom is 0.417 e. The topological polar surface area (TPSA) is 79.5 Å². The standard InChI is InChI=1S/C34H32ClF7N6O/c1-14-9-20-19-5-4-17(44-19)12-48(20)31-24-21(14)26(35)23(22-25(34(40,41)42)15(2)8-18(43)27(22)36)28(37)29(24)45-32(46-31)49-13-33-6-3-7-47(33)11-16(10-33)30(38)39/h8,17,19-20,44H,1,3-7,9-13,43H2,2H3/t17-,19+,20+,33+/m1/s1. The summed E-state index contributed by atoms with van der Waals surface area (Å²) in [6.45, 7) is 6.47. The monoisotopic (exact) mass is 708 g/mol. The SMILES string of the molecule is C=C1C[C@H]2[C@@H]3CC[C@H](CN2c2nc(OC[C@@]45CCCN4CC(=C(F)F)C5)nc4c(F)c(-c5c(F)c(N)cc(C)c5C(F)(F)F)c(Cl)c1c24)N3. The minimum Gasteiger partial charge on any atom is -0.461 e. The molecule has 4 saturated heterocycles. The van der Waals surface area contributed by atoms with E-state index >= 15 is 8.78 Å². The van der Waals surface area contributed by atoms with Gasteiger partial charge in [0.1, 0.15) is 17.9 Å². The number of nitrogens with zero attached hydrogens (tertiary/aromatic N) is 4. The Morgan fingerprint density at radius 2 is 1.94 bits per heavy atom. The molecule has 4 atom stereocenters. The molecule has 8 rings (SSSR count). The summed E-state index contributed by atoms with van der Waals surface area (Å²) in [6, 6.07) is 0.465. The second kappa shape index (κ2) is 11.2. The predicted octanol–water partition coefficient (Wildman–Crippen LogP) is 7.63. The maximum atomic E-state index is 17.1. The largest absolute Gasteiger partial charge is 0.461 e. The Hall–Kier alpha value is -3.62. The Labute approximate surface area is 281 Å². The van der Waals surface area contributed by atoms with Gasteiger partial charge in [-0.05, 0) is 69.2 Å². The summed E-state index contributed by atoms with van der Waals surface area (Å²) in [7, 11) is 0. The third-order valence-corrected chi connectivity index (χ3v) is 11.4. The van der Waals surface area contributed by atoms with E-state index < -0.39 is 67.9 Å².